The Balaban J connectivity index is 1.53. The highest BCUT2D eigenvalue weighted by Gasteiger charge is 2.19. The minimum absolute atomic E-state index is 0.751. The number of hydrogen-bond acceptors (Lipinski definition) is 3. The number of nitrogens with zero attached hydrogens (tertiary/aromatic N) is 3. The minimum Gasteiger partial charge on any atom is -0.300 e. The molecule has 1 fully saturated rings. The van der Waals surface area contributed by atoms with Crippen LogP contribution >= 0.6 is 0 Å². The maximum Gasteiger partial charge on any atom is 0.115 e. The van der Waals surface area contributed by atoms with Crippen molar-refractivity contribution < 1.29 is 0 Å². The van der Waals surface area contributed by atoms with Gasteiger partial charge in [-0.15, -0.1) is 0 Å². The van der Waals surface area contributed by atoms with Crippen LogP contribution in [0.15, 0.2) is 55.1 Å². The fourth-order valence-corrected chi connectivity index (χ4v) is 3.68. The van der Waals surface area contributed by atoms with Crippen molar-refractivity contribution in [3.8, 4) is 11.1 Å². The largest absolute Gasteiger partial charge is 0.300 e. The van der Waals surface area contributed by atoms with E-state index in [0.29, 0.717) is 0 Å². The van der Waals surface area contributed by atoms with Gasteiger partial charge in [-0.25, -0.2) is 9.97 Å². The van der Waals surface area contributed by atoms with E-state index in [-0.39, 0.29) is 0 Å². The van der Waals surface area contributed by atoms with Crippen LogP contribution in [-0.2, 0) is 6.42 Å². The molecule has 0 aliphatic carbocycles. The molecule has 0 N–H and O–H groups in total. The zero-order chi connectivity index (χ0) is 16.4. The van der Waals surface area contributed by atoms with Gasteiger partial charge in [0.05, 0.1) is 0 Å². The molecule has 0 radical (unpaired) electrons. The smallest absolute Gasteiger partial charge is 0.115 e. The Hall–Kier alpha value is -2.26. The zero-order valence-electron chi connectivity index (χ0n) is 14.2. The Kier molecular flexibility index (Phi) is 4.26. The summed E-state index contributed by atoms with van der Waals surface area (Å²) < 4.78 is 0. The van der Waals surface area contributed by atoms with Gasteiger partial charge in [-0.05, 0) is 60.7 Å². The number of benzene rings is 2. The minimum atomic E-state index is 0.751. The molecular formula is C21H23N3. The third-order valence-electron chi connectivity index (χ3n) is 5.18. The predicted octanol–water partition coefficient (Wildman–Crippen LogP) is 4.32. The summed E-state index contributed by atoms with van der Waals surface area (Å²) in [5, 5.41) is 2.58. The predicted molar refractivity (Wildman–Crippen MR) is 98.9 cm³/mol. The first-order valence-electron chi connectivity index (χ1n) is 8.82. The van der Waals surface area contributed by atoms with Crippen LogP contribution in [-0.4, -0.2) is 34.0 Å². The first kappa shape index (κ1) is 15.3. The van der Waals surface area contributed by atoms with Gasteiger partial charge >= 0.3 is 0 Å². The molecule has 3 aromatic rings. The van der Waals surface area contributed by atoms with Gasteiger partial charge in [0.15, 0.2) is 0 Å². The van der Waals surface area contributed by atoms with Crippen LogP contribution in [0.1, 0.15) is 25.3 Å². The topological polar surface area (TPSA) is 29.0 Å². The second-order valence-electron chi connectivity index (χ2n) is 6.80. The monoisotopic (exact) mass is 317 g/mol. The van der Waals surface area contributed by atoms with E-state index in [0.717, 1.165) is 18.0 Å². The van der Waals surface area contributed by atoms with Gasteiger partial charge in [0.1, 0.15) is 6.33 Å². The molecule has 3 nitrogen and oxygen atoms in total. The van der Waals surface area contributed by atoms with E-state index in [1.54, 1.807) is 6.33 Å². The van der Waals surface area contributed by atoms with Gasteiger partial charge in [-0.1, -0.05) is 30.3 Å². The van der Waals surface area contributed by atoms with Gasteiger partial charge in [-0.3, -0.25) is 0 Å². The van der Waals surface area contributed by atoms with E-state index in [2.05, 4.69) is 58.2 Å². The van der Waals surface area contributed by atoms with Crippen LogP contribution in [0.5, 0.6) is 0 Å². The van der Waals surface area contributed by atoms with Gasteiger partial charge in [0.25, 0.3) is 0 Å². The van der Waals surface area contributed by atoms with E-state index in [9.17, 15) is 0 Å². The summed E-state index contributed by atoms with van der Waals surface area (Å²) in [5.74, 6) is 0. The summed E-state index contributed by atoms with van der Waals surface area (Å²) in [6, 6.07) is 14.2. The van der Waals surface area contributed by atoms with Crippen LogP contribution < -0.4 is 0 Å². The van der Waals surface area contributed by atoms with Crippen molar-refractivity contribution in [3.05, 3.63) is 60.7 Å². The molecule has 2 aromatic carbocycles. The van der Waals surface area contributed by atoms with Gasteiger partial charge < -0.3 is 4.90 Å². The van der Waals surface area contributed by atoms with Crippen molar-refractivity contribution in [3.63, 3.8) is 0 Å². The number of hydrogen-bond donors (Lipinski definition) is 0. The quantitative estimate of drug-likeness (QED) is 0.717. The number of fused-ring (bicyclic) bond motifs is 1. The number of likely N-dealkylation sites (tertiary alicyclic amines) is 1. The third-order valence-corrected chi connectivity index (χ3v) is 5.18. The lowest BCUT2D eigenvalue weighted by Crippen LogP contribution is -2.28. The van der Waals surface area contributed by atoms with E-state index < -0.39 is 0 Å². The second kappa shape index (κ2) is 6.70. The molecule has 1 saturated heterocycles. The van der Waals surface area contributed by atoms with E-state index >= 15 is 0 Å². The maximum absolute atomic E-state index is 4.11. The molecular weight excluding hydrogens is 294 g/mol. The molecule has 1 aliphatic rings. The average Bonchev–Trinajstić information content (AvgIpc) is 3.05. The molecule has 24 heavy (non-hydrogen) atoms. The Morgan fingerprint density at radius 1 is 1.00 bits per heavy atom. The van der Waals surface area contributed by atoms with Gasteiger partial charge in [0, 0.05) is 30.5 Å². The standard InChI is InChI=1S/C21H23N3/c1-16-3-2-9-24(16)10-8-17-4-5-19-12-20(7-6-18(19)11-17)21-13-22-15-23-14-21/h4-7,11-16H,2-3,8-10H2,1H3/t16-/m0/s1. The van der Waals surface area contributed by atoms with Crippen LogP contribution in [0.2, 0.25) is 0 Å². The molecule has 4 rings (SSSR count). The molecule has 0 saturated carbocycles. The van der Waals surface area contributed by atoms with Crippen molar-refractivity contribution in [1.82, 2.24) is 14.9 Å². The second-order valence-corrected chi connectivity index (χ2v) is 6.80. The Morgan fingerprint density at radius 2 is 1.79 bits per heavy atom. The fraction of sp³-hybridized carbons (Fsp3) is 0.333. The molecule has 0 bridgehead atoms. The summed E-state index contributed by atoms with van der Waals surface area (Å²) in [4.78, 5) is 10.8. The van der Waals surface area contributed by atoms with Crippen molar-refractivity contribution in [2.24, 2.45) is 0 Å². The Morgan fingerprint density at radius 3 is 2.58 bits per heavy atom. The molecule has 0 unspecified atom stereocenters. The van der Waals surface area contributed by atoms with E-state index in [1.165, 1.54) is 47.8 Å². The number of rotatable bonds is 4. The summed E-state index contributed by atoms with van der Waals surface area (Å²) in [6.07, 6.45) is 9.13. The molecule has 1 aliphatic heterocycles. The van der Waals surface area contributed by atoms with Crippen molar-refractivity contribution in [2.75, 3.05) is 13.1 Å². The fourth-order valence-electron chi connectivity index (χ4n) is 3.68. The highest BCUT2D eigenvalue weighted by molar-refractivity contribution is 5.87. The SMILES string of the molecule is C[C@H]1CCCN1CCc1ccc2cc(-c3cncnc3)ccc2c1. The van der Waals surface area contributed by atoms with E-state index in [4.69, 9.17) is 0 Å². The molecule has 0 spiro atoms. The first-order valence-corrected chi connectivity index (χ1v) is 8.82. The molecule has 0 amide bonds. The molecule has 1 aromatic heterocycles. The summed E-state index contributed by atoms with van der Waals surface area (Å²) >= 11 is 0. The normalized spacial score (nSPS) is 18.3. The zero-order valence-corrected chi connectivity index (χ0v) is 14.2. The summed E-state index contributed by atoms with van der Waals surface area (Å²) in [6.45, 7) is 4.78. The molecule has 3 heteroatoms. The first-order chi connectivity index (χ1) is 11.8. The van der Waals surface area contributed by atoms with Crippen molar-refractivity contribution in [1.29, 1.82) is 0 Å². The van der Waals surface area contributed by atoms with Crippen LogP contribution in [0.4, 0.5) is 0 Å². The van der Waals surface area contributed by atoms with Crippen LogP contribution in [0.25, 0.3) is 21.9 Å². The number of aromatic nitrogens is 2. The van der Waals surface area contributed by atoms with Crippen LogP contribution in [0.3, 0.4) is 0 Å². The Bertz CT molecular complexity index is 829. The highest BCUT2D eigenvalue weighted by atomic mass is 15.2. The lowest BCUT2D eigenvalue weighted by atomic mass is 10.0. The van der Waals surface area contributed by atoms with Crippen molar-refractivity contribution >= 4 is 10.8 Å². The van der Waals surface area contributed by atoms with Gasteiger partial charge in [-0.2, -0.15) is 0 Å². The molecule has 2 heterocycles. The summed E-state index contributed by atoms with van der Waals surface area (Å²) in [5.41, 5.74) is 3.66. The molecule has 1 atom stereocenters. The molecule has 122 valence electrons. The summed E-state index contributed by atoms with van der Waals surface area (Å²) in [7, 11) is 0. The Labute approximate surface area is 143 Å². The van der Waals surface area contributed by atoms with Crippen molar-refractivity contribution in [2.45, 2.75) is 32.2 Å². The lowest BCUT2D eigenvalue weighted by molar-refractivity contribution is 0.272. The van der Waals surface area contributed by atoms with E-state index in [1.807, 2.05) is 12.4 Å². The third kappa shape index (κ3) is 3.17. The lowest BCUT2D eigenvalue weighted by Gasteiger charge is -2.20. The van der Waals surface area contributed by atoms with Gasteiger partial charge in [0.2, 0.25) is 0 Å². The maximum atomic E-state index is 4.11. The average molecular weight is 317 g/mol. The highest BCUT2D eigenvalue weighted by Crippen LogP contribution is 2.25. The van der Waals surface area contributed by atoms with Crippen LogP contribution in [0, 0.1) is 0 Å².